The van der Waals surface area contributed by atoms with Crippen LogP contribution in [0.1, 0.15) is 57.6 Å². The van der Waals surface area contributed by atoms with Crippen LogP contribution in [-0.2, 0) is 22.7 Å². The number of rotatable bonds is 12. The normalized spacial score (nSPS) is 16.2. The van der Waals surface area contributed by atoms with Crippen LogP contribution in [0.3, 0.4) is 0 Å². The third-order valence-corrected chi connectivity index (χ3v) is 7.31. The number of likely N-dealkylation sites (tertiary alicyclic amines) is 1. The Hall–Kier alpha value is -3.03. The third kappa shape index (κ3) is 7.27. The fourth-order valence-electron chi connectivity index (χ4n) is 4.92. The number of benzene rings is 2. The highest BCUT2D eigenvalue weighted by molar-refractivity contribution is 6.39. The number of carbonyl (C=O) groups excluding carboxylic acids is 2. The minimum atomic E-state index is -1.17. The zero-order chi connectivity index (χ0) is 26.8. The van der Waals surface area contributed by atoms with Gasteiger partial charge in [-0.1, -0.05) is 87.9 Å². The van der Waals surface area contributed by atoms with Gasteiger partial charge in [0.15, 0.2) is 0 Å². The lowest BCUT2D eigenvalue weighted by Gasteiger charge is -2.48. The molecule has 3 rings (SSSR count). The smallest absolute Gasteiger partial charge is 0.271 e. The first-order valence-corrected chi connectivity index (χ1v) is 13.5. The molecular weight excluding hydrogens is 464 g/mol. The van der Waals surface area contributed by atoms with Gasteiger partial charge in [0.2, 0.25) is 5.91 Å². The molecule has 1 heterocycles. The summed E-state index contributed by atoms with van der Waals surface area (Å²) in [5.41, 5.74) is 0.788. The molecule has 1 aliphatic rings. The molecule has 2 aromatic carbocycles. The monoisotopic (exact) mass is 506 g/mol. The Morgan fingerprint density at radius 1 is 1.03 bits per heavy atom. The van der Waals surface area contributed by atoms with Crippen molar-refractivity contribution in [3.05, 3.63) is 71.8 Å². The quantitative estimate of drug-likeness (QED) is 0.379. The maximum Gasteiger partial charge on any atom is 0.271 e. The number of amides is 2. The Labute approximate surface area is 221 Å². The van der Waals surface area contributed by atoms with E-state index >= 15 is 0 Å². The van der Waals surface area contributed by atoms with Gasteiger partial charge in [-0.05, 0) is 36.3 Å². The van der Waals surface area contributed by atoms with Crippen LogP contribution in [0.2, 0.25) is 0 Å². The van der Waals surface area contributed by atoms with E-state index in [0.717, 1.165) is 24.9 Å². The van der Waals surface area contributed by atoms with E-state index in [1.54, 1.807) is 18.7 Å². The van der Waals surface area contributed by atoms with E-state index in [1.807, 2.05) is 55.5 Å². The highest BCUT2D eigenvalue weighted by Gasteiger charge is 2.49. The van der Waals surface area contributed by atoms with E-state index in [9.17, 15) is 14.7 Å². The molecule has 37 heavy (non-hydrogen) atoms. The first kappa shape index (κ1) is 28.5. The summed E-state index contributed by atoms with van der Waals surface area (Å²) in [4.78, 5) is 31.6. The van der Waals surface area contributed by atoms with Gasteiger partial charge in [0.1, 0.15) is 17.4 Å². The number of piperidine rings is 1. The van der Waals surface area contributed by atoms with Gasteiger partial charge in [-0.15, -0.1) is 0 Å². The summed E-state index contributed by atoms with van der Waals surface area (Å²) in [5, 5.41) is 22.1. The van der Waals surface area contributed by atoms with Crippen molar-refractivity contribution in [1.82, 2.24) is 15.1 Å². The average Bonchev–Trinajstić information content (AvgIpc) is 2.92. The van der Waals surface area contributed by atoms with Gasteiger partial charge in [-0.25, -0.2) is 0 Å². The summed E-state index contributed by atoms with van der Waals surface area (Å²) in [7, 11) is 0. The van der Waals surface area contributed by atoms with Crippen LogP contribution < -0.4 is 5.32 Å². The minimum absolute atomic E-state index is 0.188. The van der Waals surface area contributed by atoms with Crippen molar-refractivity contribution < 1.29 is 14.7 Å². The summed E-state index contributed by atoms with van der Waals surface area (Å²) in [6, 6.07) is 20.0. The van der Waals surface area contributed by atoms with E-state index in [-0.39, 0.29) is 17.5 Å². The van der Waals surface area contributed by atoms with Crippen LogP contribution in [0, 0.1) is 11.3 Å². The predicted octanol–water partition coefficient (Wildman–Crippen LogP) is 4.00. The van der Waals surface area contributed by atoms with E-state index in [2.05, 4.69) is 22.3 Å². The maximum absolute atomic E-state index is 13.9. The molecule has 200 valence electrons. The van der Waals surface area contributed by atoms with Crippen molar-refractivity contribution in [3.8, 4) is 0 Å². The lowest BCUT2D eigenvalue weighted by Crippen LogP contribution is -2.66. The standard InChI is InChI=1S/C30H42N4O3/c1-4-5-18-34(28(36)26(31)27(35)23(2)3)30(29(37)32-21-24-12-8-6-9-13-24)16-19-33(20-17-30)22-25-14-10-7-11-15-25/h6-15,23,27,31,35H,4-5,16-22H2,1-3H3,(H,32,37)/t27-/m1/s1. The molecule has 7 nitrogen and oxygen atoms in total. The Kier molecular flexibility index (Phi) is 10.4. The summed E-state index contributed by atoms with van der Waals surface area (Å²) in [6.45, 7) is 8.46. The first-order chi connectivity index (χ1) is 17.8. The largest absolute Gasteiger partial charge is 0.386 e. The molecule has 0 aromatic heterocycles. The number of carbonyl (C=O) groups is 2. The second kappa shape index (κ2) is 13.5. The number of unbranched alkanes of at least 4 members (excludes halogenated alkanes) is 1. The van der Waals surface area contributed by atoms with Gasteiger partial charge in [0, 0.05) is 32.7 Å². The van der Waals surface area contributed by atoms with E-state index in [1.165, 1.54) is 5.56 Å². The summed E-state index contributed by atoms with van der Waals surface area (Å²) in [6.07, 6.45) is 1.35. The second-order valence-corrected chi connectivity index (χ2v) is 10.4. The lowest BCUT2D eigenvalue weighted by atomic mass is 9.83. The van der Waals surface area contributed by atoms with Crippen LogP contribution in [0.5, 0.6) is 0 Å². The highest BCUT2D eigenvalue weighted by atomic mass is 16.3. The van der Waals surface area contributed by atoms with Crippen LogP contribution in [0.25, 0.3) is 0 Å². The minimum Gasteiger partial charge on any atom is -0.386 e. The fourth-order valence-corrected chi connectivity index (χ4v) is 4.92. The molecule has 0 aliphatic carbocycles. The van der Waals surface area contributed by atoms with Crippen LogP contribution in [-0.4, -0.2) is 63.7 Å². The first-order valence-electron chi connectivity index (χ1n) is 13.5. The van der Waals surface area contributed by atoms with Gasteiger partial charge >= 0.3 is 0 Å². The average molecular weight is 507 g/mol. The molecule has 7 heteroatoms. The number of hydrogen-bond acceptors (Lipinski definition) is 5. The summed E-state index contributed by atoms with van der Waals surface area (Å²) < 4.78 is 0. The Morgan fingerprint density at radius 3 is 2.14 bits per heavy atom. The molecule has 0 bridgehead atoms. The van der Waals surface area contributed by atoms with Crippen LogP contribution in [0.4, 0.5) is 0 Å². The predicted molar refractivity (Wildman–Crippen MR) is 147 cm³/mol. The molecule has 2 aromatic rings. The van der Waals surface area contributed by atoms with E-state index < -0.39 is 17.6 Å². The van der Waals surface area contributed by atoms with Gasteiger partial charge in [0.25, 0.3) is 5.91 Å². The second-order valence-electron chi connectivity index (χ2n) is 10.4. The molecule has 0 saturated carbocycles. The molecule has 3 N–H and O–H groups in total. The Balaban J connectivity index is 1.87. The van der Waals surface area contributed by atoms with Gasteiger partial charge < -0.3 is 15.3 Å². The number of nitrogens with one attached hydrogen (secondary N) is 2. The van der Waals surface area contributed by atoms with Crippen molar-refractivity contribution in [2.45, 2.75) is 71.2 Å². The number of hydrogen-bond donors (Lipinski definition) is 3. The van der Waals surface area contributed by atoms with Gasteiger partial charge in [0.05, 0.1) is 0 Å². The van der Waals surface area contributed by atoms with Crippen molar-refractivity contribution in [1.29, 1.82) is 5.41 Å². The van der Waals surface area contributed by atoms with Crippen molar-refractivity contribution >= 4 is 17.5 Å². The molecule has 0 radical (unpaired) electrons. The Bertz CT molecular complexity index is 1020. The number of aliphatic hydroxyl groups excluding tert-OH is 1. The SMILES string of the molecule is CCCCN(C(=O)C(=N)[C@H](O)C(C)C)C1(C(=O)NCc2ccccc2)CCN(Cc2ccccc2)CC1. The molecular formula is C30H42N4O3. The zero-order valence-electron chi connectivity index (χ0n) is 22.5. The molecule has 1 atom stereocenters. The van der Waals surface area contributed by atoms with Crippen molar-refractivity contribution in [2.24, 2.45) is 5.92 Å². The van der Waals surface area contributed by atoms with Gasteiger partial charge in [-0.3, -0.25) is 19.9 Å². The summed E-state index contributed by atoms with van der Waals surface area (Å²) in [5.74, 6) is -0.993. The topological polar surface area (TPSA) is 96.7 Å². The third-order valence-electron chi connectivity index (χ3n) is 7.31. The molecule has 1 aliphatic heterocycles. The molecule has 0 unspecified atom stereocenters. The van der Waals surface area contributed by atoms with Crippen molar-refractivity contribution in [3.63, 3.8) is 0 Å². The molecule has 1 saturated heterocycles. The van der Waals surface area contributed by atoms with Crippen molar-refractivity contribution in [2.75, 3.05) is 19.6 Å². The fraction of sp³-hybridized carbons (Fsp3) is 0.500. The number of aliphatic hydroxyl groups is 1. The summed E-state index contributed by atoms with van der Waals surface area (Å²) >= 11 is 0. The zero-order valence-corrected chi connectivity index (χ0v) is 22.5. The van der Waals surface area contributed by atoms with E-state index in [4.69, 9.17) is 5.41 Å². The lowest BCUT2D eigenvalue weighted by molar-refractivity contribution is -0.148. The van der Waals surface area contributed by atoms with Gasteiger partial charge in [-0.2, -0.15) is 0 Å². The molecule has 2 amide bonds. The van der Waals surface area contributed by atoms with Crippen LogP contribution in [0.15, 0.2) is 60.7 Å². The molecule has 1 fully saturated rings. The number of nitrogens with zero attached hydrogens (tertiary/aromatic N) is 2. The van der Waals surface area contributed by atoms with Crippen LogP contribution >= 0.6 is 0 Å². The Morgan fingerprint density at radius 2 is 1.59 bits per heavy atom. The van der Waals surface area contributed by atoms with E-state index in [0.29, 0.717) is 39.0 Å². The maximum atomic E-state index is 13.9. The molecule has 0 spiro atoms. The highest BCUT2D eigenvalue weighted by Crippen LogP contribution is 2.32.